The summed E-state index contributed by atoms with van der Waals surface area (Å²) in [5.41, 5.74) is 4.64. The summed E-state index contributed by atoms with van der Waals surface area (Å²) >= 11 is 7.56. The number of hydrogen-bond acceptors (Lipinski definition) is 5. The Morgan fingerprint density at radius 2 is 1.85 bits per heavy atom. The van der Waals surface area contributed by atoms with Gasteiger partial charge in [-0.25, -0.2) is 9.79 Å². The number of para-hydroxylation sites is 1. The van der Waals surface area contributed by atoms with Crippen LogP contribution in [0.4, 0.5) is 0 Å². The van der Waals surface area contributed by atoms with Crippen molar-refractivity contribution in [3.05, 3.63) is 138 Å². The number of carbonyl (C=O) groups excluding carboxylic acids is 1. The first-order valence-corrected chi connectivity index (χ1v) is 14.2. The molecule has 0 spiro atoms. The molecule has 1 aliphatic heterocycles. The minimum absolute atomic E-state index is 0.196. The second kappa shape index (κ2) is 10.8. The van der Waals surface area contributed by atoms with Gasteiger partial charge in [-0.15, -0.1) is 0 Å². The highest BCUT2D eigenvalue weighted by molar-refractivity contribution is 7.07. The fraction of sp³-hybridized carbons (Fsp3) is 0.156. The fourth-order valence-electron chi connectivity index (χ4n) is 5.24. The average molecular weight is 568 g/mol. The molecular formula is C32H26ClN3O3S. The van der Waals surface area contributed by atoms with Crippen LogP contribution < -0.4 is 14.9 Å². The minimum atomic E-state index is -0.622. The summed E-state index contributed by atoms with van der Waals surface area (Å²) in [6, 6.07) is 24.9. The number of allylic oxidation sites excluding steroid dienone is 1. The van der Waals surface area contributed by atoms with E-state index in [1.807, 2.05) is 72.8 Å². The standard InChI is InChI=1S/C32H26ClN3O3S/c1-3-39-31(38)28-20(2)34-32-36(29(28)22-11-5-4-6-12-22)30(37)27(40-32)17-23-19-35(26-15-8-7-14-25(23)26)18-21-10-9-13-24(33)16-21/h4-17,19,29H,3,18H2,1-2H3/b27-17-/t29-/m0/s1. The van der Waals surface area contributed by atoms with Gasteiger partial charge in [0, 0.05) is 34.2 Å². The van der Waals surface area contributed by atoms with Crippen LogP contribution in [-0.2, 0) is 16.1 Å². The smallest absolute Gasteiger partial charge is 0.338 e. The summed E-state index contributed by atoms with van der Waals surface area (Å²) < 4.78 is 9.71. The van der Waals surface area contributed by atoms with Crippen LogP contribution in [0.2, 0.25) is 5.02 Å². The number of ether oxygens (including phenoxy) is 1. The molecular weight excluding hydrogens is 542 g/mol. The molecule has 0 unspecified atom stereocenters. The zero-order valence-electron chi connectivity index (χ0n) is 22.0. The van der Waals surface area contributed by atoms with Gasteiger partial charge in [-0.2, -0.15) is 0 Å². The van der Waals surface area contributed by atoms with E-state index in [1.54, 1.807) is 18.4 Å². The topological polar surface area (TPSA) is 65.6 Å². The second-order valence-corrected chi connectivity index (χ2v) is 11.0. The second-order valence-electron chi connectivity index (χ2n) is 9.57. The van der Waals surface area contributed by atoms with E-state index in [1.165, 1.54) is 11.3 Å². The third-order valence-corrected chi connectivity index (χ3v) is 8.20. The number of rotatable bonds is 6. The van der Waals surface area contributed by atoms with Crippen molar-refractivity contribution in [1.29, 1.82) is 0 Å². The lowest BCUT2D eigenvalue weighted by molar-refractivity contribution is -0.139. The predicted octanol–water partition coefficient (Wildman–Crippen LogP) is 5.45. The van der Waals surface area contributed by atoms with Crippen molar-refractivity contribution in [2.45, 2.75) is 26.4 Å². The van der Waals surface area contributed by atoms with Crippen molar-refractivity contribution in [1.82, 2.24) is 9.13 Å². The lowest BCUT2D eigenvalue weighted by atomic mass is 9.96. The summed E-state index contributed by atoms with van der Waals surface area (Å²) in [5.74, 6) is -0.462. The number of fused-ring (bicyclic) bond motifs is 2. The van der Waals surface area contributed by atoms with Crippen LogP contribution in [0.5, 0.6) is 0 Å². The van der Waals surface area contributed by atoms with Crippen molar-refractivity contribution in [3.63, 3.8) is 0 Å². The van der Waals surface area contributed by atoms with Gasteiger partial charge in [-0.1, -0.05) is 83.6 Å². The molecule has 0 saturated heterocycles. The highest BCUT2D eigenvalue weighted by Gasteiger charge is 2.33. The molecule has 0 radical (unpaired) electrons. The Morgan fingerprint density at radius 3 is 2.62 bits per heavy atom. The Labute approximate surface area is 239 Å². The van der Waals surface area contributed by atoms with E-state index in [2.05, 4.69) is 27.9 Å². The molecule has 3 heterocycles. The Kier molecular flexibility index (Phi) is 7.00. The number of carbonyl (C=O) groups is 1. The van der Waals surface area contributed by atoms with Gasteiger partial charge < -0.3 is 9.30 Å². The molecule has 0 bridgehead atoms. The normalized spacial score (nSPS) is 15.3. The van der Waals surface area contributed by atoms with Crippen molar-refractivity contribution in [3.8, 4) is 0 Å². The number of esters is 1. The van der Waals surface area contributed by atoms with E-state index >= 15 is 0 Å². The largest absolute Gasteiger partial charge is 0.463 e. The quantitative estimate of drug-likeness (QED) is 0.256. The van der Waals surface area contributed by atoms with Gasteiger partial charge in [0.15, 0.2) is 4.80 Å². The maximum Gasteiger partial charge on any atom is 0.338 e. The third kappa shape index (κ3) is 4.72. The average Bonchev–Trinajstić information content (AvgIpc) is 3.45. The lowest BCUT2D eigenvalue weighted by Crippen LogP contribution is -2.39. The van der Waals surface area contributed by atoms with Gasteiger partial charge in [-0.05, 0) is 49.2 Å². The van der Waals surface area contributed by atoms with E-state index in [0.29, 0.717) is 32.2 Å². The Bertz CT molecular complexity index is 1970. The molecule has 200 valence electrons. The van der Waals surface area contributed by atoms with Crippen molar-refractivity contribution in [2.75, 3.05) is 6.61 Å². The number of benzene rings is 3. The first-order valence-electron chi connectivity index (χ1n) is 13.0. The van der Waals surface area contributed by atoms with Crippen LogP contribution in [0.25, 0.3) is 17.0 Å². The Hall–Kier alpha value is -4.20. The molecule has 0 amide bonds. The first-order chi connectivity index (χ1) is 19.4. The molecule has 0 fully saturated rings. The SMILES string of the molecule is CCOC(=O)C1=C(C)N=c2s/c(=C\c3cn(Cc4cccc(Cl)c4)c4ccccc34)c(=O)n2[C@H]1c1ccccc1. The summed E-state index contributed by atoms with van der Waals surface area (Å²) in [7, 11) is 0. The van der Waals surface area contributed by atoms with Crippen molar-refractivity contribution < 1.29 is 9.53 Å². The van der Waals surface area contributed by atoms with E-state index in [-0.39, 0.29) is 12.2 Å². The van der Waals surface area contributed by atoms with Crippen LogP contribution in [-0.4, -0.2) is 21.7 Å². The van der Waals surface area contributed by atoms with Crippen molar-refractivity contribution in [2.24, 2.45) is 4.99 Å². The highest BCUT2D eigenvalue weighted by Crippen LogP contribution is 2.30. The number of halogens is 1. The molecule has 1 atom stereocenters. The third-order valence-electron chi connectivity index (χ3n) is 6.98. The van der Waals surface area contributed by atoms with E-state index in [4.69, 9.17) is 16.3 Å². The maximum absolute atomic E-state index is 14.0. The molecule has 5 aromatic rings. The molecule has 8 heteroatoms. The van der Waals surface area contributed by atoms with Crippen LogP contribution >= 0.6 is 22.9 Å². The van der Waals surface area contributed by atoms with Gasteiger partial charge >= 0.3 is 5.97 Å². The van der Waals surface area contributed by atoms with Crippen LogP contribution in [0.3, 0.4) is 0 Å². The molecule has 1 aliphatic rings. The highest BCUT2D eigenvalue weighted by atomic mass is 35.5. The van der Waals surface area contributed by atoms with E-state index in [0.717, 1.165) is 27.6 Å². The fourth-order valence-corrected chi connectivity index (χ4v) is 6.49. The maximum atomic E-state index is 14.0. The molecule has 0 saturated carbocycles. The van der Waals surface area contributed by atoms with Gasteiger partial charge in [0.05, 0.1) is 28.5 Å². The van der Waals surface area contributed by atoms with Gasteiger partial charge in [0.1, 0.15) is 0 Å². The van der Waals surface area contributed by atoms with Crippen LogP contribution in [0.1, 0.15) is 36.6 Å². The minimum Gasteiger partial charge on any atom is -0.463 e. The number of thiazole rings is 1. The van der Waals surface area contributed by atoms with Gasteiger partial charge in [0.25, 0.3) is 5.56 Å². The number of nitrogens with zero attached hydrogens (tertiary/aromatic N) is 3. The predicted molar refractivity (Wildman–Crippen MR) is 159 cm³/mol. The summed E-state index contributed by atoms with van der Waals surface area (Å²) in [6.45, 7) is 4.44. The molecule has 6 rings (SSSR count). The Balaban J connectivity index is 1.51. The molecule has 6 nitrogen and oxygen atoms in total. The number of aromatic nitrogens is 2. The monoisotopic (exact) mass is 567 g/mol. The Morgan fingerprint density at radius 1 is 1.07 bits per heavy atom. The van der Waals surface area contributed by atoms with Gasteiger partial charge in [-0.3, -0.25) is 9.36 Å². The molecule has 40 heavy (non-hydrogen) atoms. The zero-order chi connectivity index (χ0) is 27.8. The van der Waals surface area contributed by atoms with Crippen molar-refractivity contribution >= 4 is 45.9 Å². The summed E-state index contributed by atoms with van der Waals surface area (Å²) in [5, 5.41) is 1.74. The molecule has 3 aromatic carbocycles. The van der Waals surface area contributed by atoms with Crippen LogP contribution in [0.15, 0.2) is 106 Å². The van der Waals surface area contributed by atoms with Crippen LogP contribution in [0, 0.1) is 0 Å². The van der Waals surface area contributed by atoms with E-state index < -0.39 is 12.0 Å². The zero-order valence-corrected chi connectivity index (χ0v) is 23.6. The molecule has 0 N–H and O–H groups in total. The first kappa shape index (κ1) is 26.0. The van der Waals surface area contributed by atoms with E-state index in [9.17, 15) is 9.59 Å². The molecule has 0 aliphatic carbocycles. The molecule has 2 aromatic heterocycles. The lowest BCUT2D eigenvalue weighted by Gasteiger charge is -2.24. The summed E-state index contributed by atoms with van der Waals surface area (Å²) in [6.07, 6.45) is 3.99. The number of hydrogen-bond donors (Lipinski definition) is 0. The van der Waals surface area contributed by atoms with Gasteiger partial charge in [0.2, 0.25) is 0 Å². The summed E-state index contributed by atoms with van der Waals surface area (Å²) in [4.78, 5) is 32.3.